The van der Waals surface area contributed by atoms with Crippen molar-refractivity contribution in [1.29, 1.82) is 0 Å². The van der Waals surface area contributed by atoms with Gasteiger partial charge >= 0.3 is 5.97 Å². The Morgan fingerprint density at radius 2 is 1.78 bits per heavy atom. The quantitative estimate of drug-likeness (QED) is 0.943. The van der Waals surface area contributed by atoms with Gasteiger partial charge in [-0.25, -0.2) is 9.97 Å². The topological polar surface area (TPSA) is 66.3 Å². The number of rotatable bonds is 3. The monoisotopic (exact) mass is 311 g/mol. The molecule has 1 aliphatic heterocycles. The molecule has 1 N–H and O–H groups in total. The normalized spacial score (nSPS) is 15.7. The Bertz CT molecular complexity index is 705. The zero-order valence-corrected chi connectivity index (χ0v) is 13.5. The molecule has 0 bridgehead atoms. The average Bonchev–Trinajstić information content (AvgIpc) is 2.55. The number of aromatic nitrogens is 2. The molecule has 0 radical (unpaired) electrons. The Kier molecular flexibility index (Phi) is 4.28. The van der Waals surface area contributed by atoms with Crippen molar-refractivity contribution in [3.05, 3.63) is 41.6 Å². The van der Waals surface area contributed by atoms with Gasteiger partial charge in [-0.05, 0) is 26.7 Å². The maximum absolute atomic E-state index is 11.1. The Morgan fingerprint density at radius 3 is 2.39 bits per heavy atom. The predicted octanol–water partition coefficient (Wildman–Crippen LogP) is 3.06. The van der Waals surface area contributed by atoms with Crippen LogP contribution in [0.25, 0.3) is 11.4 Å². The number of carboxylic acid groups (broad SMARTS) is 1. The largest absolute Gasteiger partial charge is 0.481 e. The minimum absolute atomic E-state index is 0.231. The summed E-state index contributed by atoms with van der Waals surface area (Å²) in [5, 5.41) is 9.11. The molecule has 5 nitrogen and oxygen atoms in total. The third-order valence-electron chi connectivity index (χ3n) is 4.32. The number of carboxylic acids is 1. The minimum Gasteiger partial charge on any atom is -0.481 e. The maximum atomic E-state index is 11.1. The van der Waals surface area contributed by atoms with Gasteiger partial charge in [0.1, 0.15) is 5.82 Å². The lowest BCUT2D eigenvalue weighted by Crippen LogP contribution is -2.36. The Labute approximate surface area is 136 Å². The zero-order valence-electron chi connectivity index (χ0n) is 13.5. The van der Waals surface area contributed by atoms with Crippen LogP contribution in [0.1, 0.15) is 24.1 Å². The number of benzene rings is 1. The number of aliphatic carboxylic acids is 1. The van der Waals surface area contributed by atoms with Crippen molar-refractivity contribution >= 4 is 11.8 Å². The molecular formula is C18H21N3O2. The van der Waals surface area contributed by atoms with Gasteiger partial charge in [-0.15, -0.1) is 0 Å². The van der Waals surface area contributed by atoms with Gasteiger partial charge in [0.15, 0.2) is 5.82 Å². The first kappa shape index (κ1) is 15.5. The second kappa shape index (κ2) is 6.36. The fourth-order valence-electron chi connectivity index (χ4n) is 2.90. The van der Waals surface area contributed by atoms with E-state index in [0.29, 0.717) is 12.8 Å². The summed E-state index contributed by atoms with van der Waals surface area (Å²) in [5.41, 5.74) is 3.13. The number of aryl methyl sites for hydroxylation is 2. The number of hydrogen-bond donors (Lipinski definition) is 1. The van der Waals surface area contributed by atoms with Crippen LogP contribution in [-0.4, -0.2) is 34.1 Å². The molecule has 0 amide bonds. The molecule has 1 aromatic heterocycles. The Morgan fingerprint density at radius 1 is 1.13 bits per heavy atom. The summed E-state index contributed by atoms with van der Waals surface area (Å²) >= 11 is 0. The van der Waals surface area contributed by atoms with Gasteiger partial charge in [-0.3, -0.25) is 4.79 Å². The van der Waals surface area contributed by atoms with Crippen LogP contribution in [-0.2, 0) is 4.79 Å². The van der Waals surface area contributed by atoms with Crippen molar-refractivity contribution in [3.63, 3.8) is 0 Å². The van der Waals surface area contributed by atoms with E-state index in [2.05, 4.69) is 28.9 Å². The van der Waals surface area contributed by atoms with E-state index in [1.807, 2.05) is 25.1 Å². The van der Waals surface area contributed by atoms with Gasteiger partial charge in [-0.1, -0.05) is 29.8 Å². The molecule has 0 spiro atoms. The molecule has 5 heteroatoms. The van der Waals surface area contributed by atoms with E-state index in [-0.39, 0.29) is 5.92 Å². The molecule has 0 aliphatic carbocycles. The highest BCUT2D eigenvalue weighted by Crippen LogP contribution is 2.25. The van der Waals surface area contributed by atoms with E-state index in [9.17, 15) is 4.79 Å². The SMILES string of the molecule is Cc1ccc(-c2nc(C)cc(N3CCC(C(=O)O)CC3)n2)cc1. The molecule has 23 heavy (non-hydrogen) atoms. The van der Waals surface area contributed by atoms with Crippen molar-refractivity contribution in [2.75, 3.05) is 18.0 Å². The molecule has 0 saturated carbocycles. The molecule has 0 unspecified atom stereocenters. The molecule has 120 valence electrons. The highest BCUT2D eigenvalue weighted by molar-refractivity contribution is 5.70. The average molecular weight is 311 g/mol. The summed E-state index contributed by atoms with van der Waals surface area (Å²) in [7, 11) is 0. The van der Waals surface area contributed by atoms with E-state index in [0.717, 1.165) is 36.0 Å². The summed E-state index contributed by atoms with van der Waals surface area (Å²) in [6, 6.07) is 10.1. The van der Waals surface area contributed by atoms with Gasteiger partial charge in [-0.2, -0.15) is 0 Å². The van der Waals surface area contributed by atoms with Crippen molar-refractivity contribution < 1.29 is 9.90 Å². The standard InChI is InChI=1S/C18H21N3O2/c1-12-3-5-14(6-4-12)17-19-13(2)11-16(20-17)21-9-7-15(8-10-21)18(22)23/h3-6,11,15H,7-10H2,1-2H3,(H,22,23). The van der Waals surface area contributed by atoms with E-state index in [1.54, 1.807) is 0 Å². The first-order chi connectivity index (χ1) is 11.0. The number of hydrogen-bond acceptors (Lipinski definition) is 4. The second-order valence-corrected chi connectivity index (χ2v) is 6.16. The van der Waals surface area contributed by atoms with Gasteiger partial charge in [0.05, 0.1) is 5.92 Å². The molecule has 0 atom stereocenters. The molecule has 1 saturated heterocycles. The molecule has 3 rings (SSSR count). The molecule has 2 aromatic rings. The van der Waals surface area contributed by atoms with Crippen LogP contribution >= 0.6 is 0 Å². The van der Waals surface area contributed by atoms with Crippen molar-refractivity contribution in [1.82, 2.24) is 9.97 Å². The minimum atomic E-state index is -0.691. The van der Waals surface area contributed by atoms with Crippen molar-refractivity contribution in [2.24, 2.45) is 5.92 Å². The smallest absolute Gasteiger partial charge is 0.306 e. The summed E-state index contributed by atoms with van der Waals surface area (Å²) < 4.78 is 0. The van der Waals surface area contributed by atoms with E-state index in [1.165, 1.54) is 5.56 Å². The summed E-state index contributed by atoms with van der Waals surface area (Å²) in [5.74, 6) is 0.687. The summed E-state index contributed by atoms with van der Waals surface area (Å²) in [4.78, 5) is 22.5. The van der Waals surface area contributed by atoms with Crippen LogP contribution in [0, 0.1) is 19.8 Å². The molecule has 1 fully saturated rings. The first-order valence-corrected chi connectivity index (χ1v) is 7.93. The molecule has 1 aromatic carbocycles. The van der Waals surface area contributed by atoms with Crippen LogP contribution in [0.2, 0.25) is 0 Å². The zero-order chi connectivity index (χ0) is 16.4. The Hall–Kier alpha value is -2.43. The number of carbonyl (C=O) groups is 1. The lowest BCUT2D eigenvalue weighted by Gasteiger charge is -2.31. The van der Waals surface area contributed by atoms with Crippen LogP contribution in [0.5, 0.6) is 0 Å². The van der Waals surface area contributed by atoms with E-state index < -0.39 is 5.97 Å². The van der Waals surface area contributed by atoms with Crippen LogP contribution in [0.3, 0.4) is 0 Å². The fraction of sp³-hybridized carbons (Fsp3) is 0.389. The van der Waals surface area contributed by atoms with Gasteiger partial charge in [0.2, 0.25) is 0 Å². The summed E-state index contributed by atoms with van der Waals surface area (Å²) in [6.45, 7) is 5.47. The lowest BCUT2D eigenvalue weighted by atomic mass is 9.97. The van der Waals surface area contributed by atoms with Crippen LogP contribution < -0.4 is 4.90 Å². The van der Waals surface area contributed by atoms with Gasteiger partial charge in [0, 0.05) is 30.4 Å². The highest BCUT2D eigenvalue weighted by atomic mass is 16.4. The van der Waals surface area contributed by atoms with Gasteiger partial charge in [0.25, 0.3) is 0 Å². The molecule has 2 heterocycles. The number of nitrogens with zero attached hydrogens (tertiary/aromatic N) is 3. The predicted molar refractivity (Wildman–Crippen MR) is 89.5 cm³/mol. The molecular weight excluding hydrogens is 290 g/mol. The maximum Gasteiger partial charge on any atom is 0.306 e. The van der Waals surface area contributed by atoms with Crippen molar-refractivity contribution in [2.45, 2.75) is 26.7 Å². The van der Waals surface area contributed by atoms with Gasteiger partial charge < -0.3 is 10.0 Å². The van der Waals surface area contributed by atoms with Crippen molar-refractivity contribution in [3.8, 4) is 11.4 Å². The lowest BCUT2D eigenvalue weighted by molar-refractivity contribution is -0.142. The fourth-order valence-corrected chi connectivity index (χ4v) is 2.90. The van der Waals surface area contributed by atoms with E-state index >= 15 is 0 Å². The third-order valence-corrected chi connectivity index (χ3v) is 4.32. The molecule has 1 aliphatic rings. The van der Waals surface area contributed by atoms with E-state index in [4.69, 9.17) is 10.1 Å². The number of piperidine rings is 1. The Balaban J connectivity index is 1.84. The van der Waals surface area contributed by atoms with Crippen LogP contribution in [0.15, 0.2) is 30.3 Å². The number of anilines is 1. The highest BCUT2D eigenvalue weighted by Gasteiger charge is 2.25. The second-order valence-electron chi connectivity index (χ2n) is 6.16. The first-order valence-electron chi connectivity index (χ1n) is 7.93. The van der Waals surface area contributed by atoms with Crippen LogP contribution in [0.4, 0.5) is 5.82 Å². The third kappa shape index (κ3) is 3.50. The summed E-state index contributed by atoms with van der Waals surface area (Å²) in [6.07, 6.45) is 1.33.